The van der Waals surface area contributed by atoms with Crippen molar-refractivity contribution in [1.29, 1.82) is 0 Å². The van der Waals surface area contributed by atoms with Crippen LogP contribution in [-0.4, -0.2) is 61.3 Å². The number of amides is 2. The van der Waals surface area contributed by atoms with E-state index in [9.17, 15) is 9.18 Å². The van der Waals surface area contributed by atoms with Crippen molar-refractivity contribution < 1.29 is 13.9 Å². The van der Waals surface area contributed by atoms with Crippen LogP contribution in [0.5, 0.6) is 0 Å². The molecule has 3 rings (SSSR count). The molecule has 2 heterocycles. The smallest absolute Gasteiger partial charge is 0.321 e. The Hall–Kier alpha value is -1.66. The molecule has 2 fully saturated rings. The Labute approximate surface area is 142 Å². The SMILES string of the molecule is CN(C(=O)Nc1cccc(F)c1)C1CCN(C2CCOCC2)CC1. The quantitative estimate of drug-likeness (QED) is 0.924. The van der Waals surface area contributed by atoms with E-state index in [2.05, 4.69) is 10.2 Å². The molecule has 0 bridgehead atoms. The molecule has 0 saturated carbocycles. The van der Waals surface area contributed by atoms with Crippen molar-refractivity contribution in [3.05, 3.63) is 30.1 Å². The maximum Gasteiger partial charge on any atom is 0.321 e. The van der Waals surface area contributed by atoms with E-state index < -0.39 is 0 Å². The Morgan fingerprint density at radius 3 is 2.62 bits per heavy atom. The molecule has 6 heteroatoms. The summed E-state index contributed by atoms with van der Waals surface area (Å²) in [5.41, 5.74) is 0.492. The first kappa shape index (κ1) is 17.2. The molecule has 1 N–H and O–H groups in total. The second-order valence-electron chi connectivity index (χ2n) is 6.66. The number of carbonyl (C=O) groups excluding carboxylic acids is 1. The topological polar surface area (TPSA) is 44.8 Å². The lowest BCUT2D eigenvalue weighted by Gasteiger charge is -2.41. The molecular weight excluding hydrogens is 309 g/mol. The van der Waals surface area contributed by atoms with Crippen LogP contribution in [0.4, 0.5) is 14.9 Å². The molecule has 0 aromatic heterocycles. The first-order valence-electron chi connectivity index (χ1n) is 8.74. The molecule has 1 aromatic rings. The average molecular weight is 335 g/mol. The van der Waals surface area contributed by atoms with Gasteiger partial charge in [-0.05, 0) is 43.9 Å². The summed E-state index contributed by atoms with van der Waals surface area (Å²) in [6.45, 7) is 3.76. The van der Waals surface area contributed by atoms with Gasteiger partial charge in [-0.25, -0.2) is 9.18 Å². The van der Waals surface area contributed by atoms with Crippen LogP contribution in [0.15, 0.2) is 24.3 Å². The van der Waals surface area contributed by atoms with E-state index in [4.69, 9.17) is 4.74 Å². The number of likely N-dealkylation sites (tertiary alicyclic amines) is 1. The molecule has 0 aliphatic carbocycles. The fraction of sp³-hybridized carbons (Fsp3) is 0.611. The van der Waals surface area contributed by atoms with Crippen LogP contribution in [0.3, 0.4) is 0 Å². The van der Waals surface area contributed by atoms with E-state index in [0.29, 0.717) is 11.7 Å². The Kier molecular flexibility index (Phi) is 5.68. The fourth-order valence-electron chi connectivity index (χ4n) is 3.63. The lowest BCUT2D eigenvalue weighted by Crippen LogP contribution is -2.50. The summed E-state index contributed by atoms with van der Waals surface area (Å²) in [5.74, 6) is -0.347. The molecule has 0 spiro atoms. The monoisotopic (exact) mass is 335 g/mol. The van der Waals surface area contributed by atoms with Gasteiger partial charge in [0.2, 0.25) is 0 Å². The lowest BCUT2D eigenvalue weighted by molar-refractivity contribution is 0.0190. The van der Waals surface area contributed by atoms with E-state index in [1.54, 1.807) is 17.0 Å². The highest BCUT2D eigenvalue weighted by atomic mass is 19.1. The van der Waals surface area contributed by atoms with Gasteiger partial charge < -0.3 is 19.9 Å². The first-order chi connectivity index (χ1) is 11.6. The van der Waals surface area contributed by atoms with E-state index in [0.717, 1.165) is 52.0 Å². The predicted molar refractivity (Wildman–Crippen MR) is 91.6 cm³/mol. The highest BCUT2D eigenvalue weighted by Gasteiger charge is 2.29. The fourth-order valence-corrected chi connectivity index (χ4v) is 3.63. The molecule has 0 radical (unpaired) electrons. The van der Waals surface area contributed by atoms with E-state index in [-0.39, 0.29) is 17.9 Å². The van der Waals surface area contributed by atoms with Gasteiger partial charge in [0.25, 0.3) is 0 Å². The minimum atomic E-state index is -0.347. The Balaban J connectivity index is 1.49. The van der Waals surface area contributed by atoms with Crippen LogP contribution >= 0.6 is 0 Å². The maximum atomic E-state index is 13.2. The number of hydrogen-bond acceptors (Lipinski definition) is 3. The lowest BCUT2D eigenvalue weighted by atomic mass is 9.99. The zero-order valence-corrected chi connectivity index (χ0v) is 14.2. The number of anilines is 1. The number of hydrogen-bond donors (Lipinski definition) is 1. The Morgan fingerprint density at radius 2 is 1.96 bits per heavy atom. The van der Waals surface area contributed by atoms with Crippen LogP contribution in [0.2, 0.25) is 0 Å². The van der Waals surface area contributed by atoms with Gasteiger partial charge in [0.15, 0.2) is 0 Å². The maximum absolute atomic E-state index is 13.2. The summed E-state index contributed by atoms with van der Waals surface area (Å²) in [7, 11) is 1.82. The molecular formula is C18H26FN3O2. The van der Waals surface area contributed by atoms with Crippen molar-refractivity contribution in [3.63, 3.8) is 0 Å². The third-order valence-electron chi connectivity index (χ3n) is 5.15. The summed E-state index contributed by atoms with van der Waals surface area (Å²) >= 11 is 0. The minimum absolute atomic E-state index is 0.176. The average Bonchev–Trinajstić information content (AvgIpc) is 2.62. The van der Waals surface area contributed by atoms with Gasteiger partial charge >= 0.3 is 6.03 Å². The number of piperidine rings is 1. The van der Waals surface area contributed by atoms with Crippen LogP contribution in [0.1, 0.15) is 25.7 Å². The van der Waals surface area contributed by atoms with Gasteiger partial charge in [-0.15, -0.1) is 0 Å². The highest BCUT2D eigenvalue weighted by molar-refractivity contribution is 5.89. The van der Waals surface area contributed by atoms with Gasteiger partial charge in [0.1, 0.15) is 5.82 Å². The van der Waals surface area contributed by atoms with Crippen molar-refractivity contribution in [2.45, 2.75) is 37.8 Å². The van der Waals surface area contributed by atoms with Crippen LogP contribution in [-0.2, 0) is 4.74 Å². The number of carbonyl (C=O) groups is 1. The summed E-state index contributed by atoms with van der Waals surface area (Å²) < 4.78 is 18.6. The number of halogens is 1. The van der Waals surface area contributed by atoms with Crippen LogP contribution in [0.25, 0.3) is 0 Å². The first-order valence-corrected chi connectivity index (χ1v) is 8.74. The number of ether oxygens (including phenoxy) is 1. The molecule has 24 heavy (non-hydrogen) atoms. The van der Waals surface area contributed by atoms with E-state index >= 15 is 0 Å². The van der Waals surface area contributed by atoms with Crippen molar-refractivity contribution in [2.24, 2.45) is 0 Å². The molecule has 2 saturated heterocycles. The predicted octanol–water partition coefficient (Wildman–Crippen LogP) is 2.93. The summed E-state index contributed by atoms with van der Waals surface area (Å²) in [5, 5.41) is 2.77. The molecule has 0 atom stereocenters. The van der Waals surface area contributed by atoms with Crippen molar-refractivity contribution in [2.75, 3.05) is 38.7 Å². The molecule has 1 aromatic carbocycles. The van der Waals surface area contributed by atoms with E-state index in [1.807, 2.05) is 7.05 Å². The Morgan fingerprint density at radius 1 is 1.25 bits per heavy atom. The van der Waals surface area contributed by atoms with Crippen LogP contribution in [0, 0.1) is 5.82 Å². The molecule has 2 aliphatic heterocycles. The van der Waals surface area contributed by atoms with Crippen molar-refractivity contribution >= 4 is 11.7 Å². The number of urea groups is 1. The zero-order chi connectivity index (χ0) is 16.9. The van der Waals surface area contributed by atoms with Gasteiger partial charge in [0.05, 0.1) is 0 Å². The number of benzene rings is 1. The third-order valence-corrected chi connectivity index (χ3v) is 5.15. The van der Waals surface area contributed by atoms with Crippen molar-refractivity contribution in [1.82, 2.24) is 9.80 Å². The third kappa shape index (κ3) is 4.24. The molecule has 2 aliphatic rings. The standard InChI is InChI=1S/C18H26FN3O2/c1-21(18(23)20-15-4-2-3-14(19)13-15)16-5-9-22(10-6-16)17-7-11-24-12-8-17/h2-4,13,16-17H,5-12H2,1H3,(H,20,23). The summed E-state index contributed by atoms with van der Waals surface area (Å²) in [6.07, 6.45) is 4.18. The second kappa shape index (κ2) is 7.94. The molecule has 132 valence electrons. The number of nitrogens with one attached hydrogen (secondary N) is 1. The molecule has 0 unspecified atom stereocenters. The molecule has 2 amide bonds. The zero-order valence-electron chi connectivity index (χ0n) is 14.2. The summed E-state index contributed by atoms with van der Waals surface area (Å²) in [6, 6.07) is 6.68. The Bertz CT molecular complexity index is 555. The van der Waals surface area contributed by atoms with Crippen LogP contribution < -0.4 is 5.32 Å². The van der Waals surface area contributed by atoms with E-state index in [1.165, 1.54) is 12.1 Å². The van der Waals surface area contributed by atoms with Gasteiger partial charge in [0, 0.05) is 51.1 Å². The largest absolute Gasteiger partial charge is 0.381 e. The van der Waals surface area contributed by atoms with Gasteiger partial charge in [-0.3, -0.25) is 0 Å². The van der Waals surface area contributed by atoms with Gasteiger partial charge in [-0.1, -0.05) is 6.07 Å². The summed E-state index contributed by atoms with van der Waals surface area (Å²) in [4.78, 5) is 16.7. The normalized spacial score (nSPS) is 20.8. The minimum Gasteiger partial charge on any atom is -0.381 e. The second-order valence-corrected chi connectivity index (χ2v) is 6.66. The van der Waals surface area contributed by atoms with Crippen molar-refractivity contribution in [3.8, 4) is 0 Å². The van der Waals surface area contributed by atoms with Gasteiger partial charge in [-0.2, -0.15) is 0 Å². The number of nitrogens with zero attached hydrogens (tertiary/aromatic N) is 2. The highest BCUT2D eigenvalue weighted by Crippen LogP contribution is 2.22. The molecule has 5 nitrogen and oxygen atoms in total. The number of rotatable bonds is 3.